The molecule has 3 unspecified atom stereocenters. The van der Waals surface area contributed by atoms with E-state index in [2.05, 4.69) is 55.1 Å². The molecule has 6 nitrogen and oxygen atoms in total. The van der Waals surface area contributed by atoms with Crippen LogP contribution in [0.1, 0.15) is 50.9 Å². The van der Waals surface area contributed by atoms with Crippen molar-refractivity contribution in [3.63, 3.8) is 0 Å². The Hall–Kier alpha value is -0.980. The summed E-state index contributed by atoms with van der Waals surface area (Å²) in [6, 6.07) is 0.577. The smallest absolute Gasteiger partial charge is 0.231 e. The summed E-state index contributed by atoms with van der Waals surface area (Å²) in [5, 5.41) is 7.71. The monoisotopic (exact) mass is 295 g/mol. The van der Waals surface area contributed by atoms with Crippen LogP contribution in [0.2, 0.25) is 0 Å². The Morgan fingerprint density at radius 2 is 2.10 bits per heavy atom. The maximum absolute atomic E-state index is 5.58. The maximum Gasteiger partial charge on any atom is 0.231 e. The van der Waals surface area contributed by atoms with Crippen LogP contribution in [0.25, 0.3) is 0 Å². The van der Waals surface area contributed by atoms with E-state index in [1.54, 1.807) is 0 Å². The van der Waals surface area contributed by atoms with Crippen LogP contribution in [0.4, 0.5) is 0 Å². The van der Waals surface area contributed by atoms with E-state index in [-0.39, 0.29) is 12.0 Å². The van der Waals surface area contributed by atoms with Crippen molar-refractivity contribution < 1.29 is 4.52 Å². The number of piperazine rings is 1. The van der Waals surface area contributed by atoms with E-state index in [1.165, 1.54) is 0 Å². The summed E-state index contributed by atoms with van der Waals surface area (Å²) < 4.78 is 5.58. The molecule has 0 radical (unpaired) electrons. The van der Waals surface area contributed by atoms with Crippen LogP contribution >= 0.6 is 0 Å². The highest BCUT2D eigenvalue weighted by atomic mass is 16.5. The molecule has 3 atom stereocenters. The van der Waals surface area contributed by atoms with Crippen LogP contribution in [0.15, 0.2) is 4.52 Å². The highest BCUT2D eigenvalue weighted by Gasteiger charge is 2.30. The van der Waals surface area contributed by atoms with E-state index in [4.69, 9.17) is 9.51 Å². The Balaban J connectivity index is 2.12. The van der Waals surface area contributed by atoms with E-state index in [9.17, 15) is 0 Å². The average molecular weight is 295 g/mol. The molecule has 0 amide bonds. The largest absolute Gasteiger partial charge is 0.339 e. The summed E-state index contributed by atoms with van der Waals surface area (Å²) in [6.45, 7) is 10.5. The molecule has 1 aliphatic rings. The van der Waals surface area contributed by atoms with Crippen molar-refractivity contribution in [2.45, 2.75) is 45.2 Å². The molecule has 21 heavy (non-hydrogen) atoms. The number of rotatable bonds is 6. The lowest BCUT2D eigenvalue weighted by Gasteiger charge is -2.35. The van der Waals surface area contributed by atoms with E-state index in [0.29, 0.717) is 6.04 Å². The zero-order chi connectivity index (χ0) is 15.4. The third kappa shape index (κ3) is 3.81. The van der Waals surface area contributed by atoms with Gasteiger partial charge < -0.3 is 14.7 Å². The minimum Gasteiger partial charge on any atom is -0.339 e. The molecule has 1 aliphatic heterocycles. The van der Waals surface area contributed by atoms with Crippen molar-refractivity contribution >= 4 is 0 Å². The van der Waals surface area contributed by atoms with Gasteiger partial charge in [-0.1, -0.05) is 19.0 Å². The first-order valence-corrected chi connectivity index (χ1v) is 8.02. The van der Waals surface area contributed by atoms with E-state index in [1.807, 2.05) is 0 Å². The first-order valence-electron chi connectivity index (χ1n) is 8.02. The second-order valence-corrected chi connectivity index (χ2v) is 6.11. The van der Waals surface area contributed by atoms with Crippen LogP contribution in [-0.4, -0.2) is 66.3 Å². The Bertz CT molecular complexity index is 435. The molecule has 1 aromatic rings. The summed E-state index contributed by atoms with van der Waals surface area (Å²) in [6.07, 6.45) is 0.996. The summed E-state index contributed by atoms with van der Waals surface area (Å²) in [5.41, 5.74) is 0. The second kappa shape index (κ2) is 7.33. The normalized spacial score (nSPS) is 24.1. The van der Waals surface area contributed by atoms with Crippen molar-refractivity contribution in [2.75, 3.05) is 40.3 Å². The molecular weight excluding hydrogens is 266 g/mol. The Morgan fingerprint density at radius 1 is 1.33 bits per heavy atom. The Morgan fingerprint density at radius 3 is 2.76 bits per heavy atom. The summed E-state index contributed by atoms with van der Waals surface area (Å²) >= 11 is 0. The van der Waals surface area contributed by atoms with Crippen molar-refractivity contribution in [3.05, 3.63) is 11.7 Å². The molecule has 120 valence electrons. The third-order valence-corrected chi connectivity index (χ3v) is 4.49. The summed E-state index contributed by atoms with van der Waals surface area (Å²) in [4.78, 5) is 9.33. The van der Waals surface area contributed by atoms with Crippen molar-refractivity contribution in [3.8, 4) is 0 Å². The van der Waals surface area contributed by atoms with Crippen molar-refractivity contribution in [1.82, 2.24) is 25.3 Å². The molecule has 6 heteroatoms. The van der Waals surface area contributed by atoms with Gasteiger partial charge in [-0.15, -0.1) is 0 Å². The zero-order valence-corrected chi connectivity index (χ0v) is 14.0. The average Bonchev–Trinajstić information content (AvgIpc) is 2.92. The maximum atomic E-state index is 5.58. The number of nitrogens with zero attached hydrogens (tertiary/aromatic N) is 4. The molecular formula is C15H29N5O. The second-order valence-electron chi connectivity index (χ2n) is 6.11. The van der Waals surface area contributed by atoms with Gasteiger partial charge in [-0.3, -0.25) is 4.90 Å². The number of nitrogens with one attached hydrogen (secondary N) is 1. The molecule has 1 N–H and O–H groups in total. The predicted octanol–water partition coefficient (Wildman–Crippen LogP) is 1.48. The van der Waals surface area contributed by atoms with Gasteiger partial charge in [-0.05, 0) is 34.0 Å². The molecule has 2 rings (SSSR count). The minimum absolute atomic E-state index is 0.230. The fourth-order valence-electron chi connectivity index (χ4n) is 3.03. The van der Waals surface area contributed by atoms with Crippen LogP contribution in [-0.2, 0) is 0 Å². The van der Waals surface area contributed by atoms with Crippen LogP contribution in [0.3, 0.4) is 0 Å². The lowest BCUT2D eigenvalue weighted by molar-refractivity contribution is 0.108. The van der Waals surface area contributed by atoms with E-state index in [0.717, 1.165) is 44.3 Å². The van der Waals surface area contributed by atoms with Crippen LogP contribution < -0.4 is 5.32 Å². The van der Waals surface area contributed by atoms with E-state index >= 15 is 0 Å². The first-order chi connectivity index (χ1) is 10.1. The lowest BCUT2D eigenvalue weighted by atomic mass is 9.98. The van der Waals surface area contributed by atoms with Gasteiger partial charge in [0.1, 0.15) is 0 Å². The molecule has 0 bridgehead atoms. The molecule has 2 heterocycles. The lowest BCUT2D eigenvalue weighted by Crippen LogP contribution is -2.45. The molecule has 0 aliphatic carbocycles. The predicted molar refractivity (Wildman–Crippen MR) is 83.3 cm³/mol. The topological polar surface area (TPSA) is 57.4 Å². The minimum atomic E-state index is 0.230. The number of hydrogen-bond donors (Lipinski definition) is 1. The SMILES string of the molecule is CCNC(C)C(CC)c1nc(C2CN(C)CCN2C)no1. The van der Waals surface area contributed by atoms with Crippen molar-refractivity contribution in [1.29, 1.82) is 0 Å². The standard InChI is InChI=1S/C15H29N5O/c1-6-12(11(3)16-7-2)15-17-14(18-21-15)13-10-19(4)8-9-20(13)5/h11-13,16H,6-10H2,1-5H3. The van der Waals surface area contributed by atoms with Gasteiger partial charge in [-0.2, -0.15) is 4.98 Å². The number of hydrogen-bond acceptors (Lipinski definition) is 6. The quantitative estimate of drug-likeness (QED) is 0.858. The summed E-state index contributed by atoms with van der Waals surface area (Å²) in [5.74, 6) is 1.86. The molecule has 0 saturated carbocycles. The number of likely N-dealkylation sites (N-methyl/N-ethyl adjacent to an activating group) is 3. The zero-order valence-electron chi connectivity index (χ0n) is 14.0. The fourth-order valence-corrected chi connectivity index (χ4v) is 3.03. The van der Waals surface area contributed by atoms with E-state index < -0.39 is 0 Å². The summed E-state index contributed by atoms with van der Waals surface area (Å²) in [7, 11) is 4.27. The molecule has 0 spiro atoms. The van der Waals surface area contributed by atoms with Gasteiger partial charge in [0.05, 0.1) is 12.0 Å². The highest BCUT2D eigenvalue weighted by Crippen LogP contribution is 2.26. The molecule has 1 saturated heterocycles. The van der Waals surface area contributed by atoms with Gasteiger partial charge in [0.2, 0.25) is 5.89 Å². The van der Waals surface area contributed by atoms with Crippen LogP contribution in [0.5, 0.6) is 0 Å². The van der Waals surface area contributed by atoms with Gasteiger partial charge in [0.15, 0.2) is 5.82 Å². The van der Waals surface area contributed by atoms with Crippen LogP contribution in [0, 0.1) is 0 Å². The first kappa shape index (κ1) is 16.4. The molecule has 1 fully saturated rings. The van der Waals surface area contributed by atoms with Gasteiger partial charge in [0, 0.05) is 25.7 Å². The highest BCUT2D eigenvalue weighted by molar-refractivity contribution is 5.03. The molecule has 0 aromatic carbocycles. The third-order valence-electron chi connectivity index (χ3n) is 4.49. The van der Waals surface area contributed by atoms with Crippen molar-refractivity contribution in [2.24, 2.45) is 0 Å². The molecule has 1 aromatic heterocycles. The Labute approximate surface area is 127 Å². The Kier molecular flexibility index (Phi) is 5.72. The van der Waals surface area contributed by atoms with Gasteiger partial charge in [0.25, 0.3) is 0 Å². The number of aromatic nitrogens is 2. The fraction of sp³-hybridized carbons (Fsp3) is 0.867. The van der Waals surface area contributed by atoms with Gasteiger partial charge in [-0.25, -0.2) is 0 Å². The van der Waals surface area contributed by atoms with Gasteiger partial charge >= 0.3 is 0 Å².